The van der Waals surface area contributed by atoms with E-state index in [1.54, 1.807) is 24.3 Å². The first-order chi connectivity index (χ1) is 10.3. The predicted molar refractivity (Wildman–Crippen MR) is 75.9 cm³/mol. The molecule has 120 valence electrons. The summed E-state index contributed by atoms with van der Waals surface area (Å²) in [6.45, 7) is 1.40. The molecule has 0 unspecified atom stereocenters. The lowest BCUT2D eigenvalue weighted by molar-refractivity contribution is -0.167. The van der Waals surface area contributed by atoms with Crippen LogP contribution in [0.15, 0.2) is 24.3 Å². The second-order valence-electron chi connectivity index (χ2n) is 6.31. The Morgan fingerprint density at radius 3 is 2.50 bits per heavy atom. The standard InChI is InChI=1S/C16H19F2NO3/c17-15(18)6-5-11(7-15)16(22,14(20)21)13-4-2-1-3-12(13)10-8-19-9-10/h1-4,10-11,19,22H,5-9H2,(H,20,21)/t11-,16-/m1/s1. The quantitative estimate of drug-likeness (QED) is 0.796. The number of alkyl halides is 2. The number of aliphatic carboxylic acids is 1. The Kier molecular flexibility index (Phi) is 3.69. The van der Waals surface area contributed by atoms with Crippen LogP contribution in [0.5, 0.6) is 0 Å². The van der Waals surface area contributed by atoms with Gasteiger partial charge < -0.3 is 15.5 Å². The average molecular weight is 311 g/mol. The molecule has 3 N–H and O–H groups in total. The molecule has 1 aromatic carbocycles. The van der Waals surface area contributed by atoms with Gasteiger partial charge in [-0.2, -0.15) is 0 Å². The fourth-order valence-corrected chi connectivity index (χ4v) is 3.53. The average Bonchev–Trinajstić information content (AvgIpc) is 2.77. The van der Waals surface area contributed by atoms with Gasteiger partial charge in [0.2, 0.25) is 5.92 Å². The highest BCUT2D eigenvalue weighted by Crippen LogP contribution is 2.48. The van der Waals surface area contributed by atoms with Gasteiger partial charge in [0.05, 0.1) is 0 Å². The maximum Gasteiger partial charge on any atom is 0.340 e. The SMILES string of the molecule is O=C(O)[C@](O)(c1ccccc1C1CNC1)[C@@H]1CCC(F)(F)C1. The Labute approximate surface area is 127 Å². The molecule has 2 atom stereocenters. The van der Waals surface area contributed by atoms with Gasteiger partial charge in [-0.05, 0) is 17.5 Å². The number of rotatable bonds is 4. The largest absolute Gasteiger partial charge is 0.479 e. The van der Waals surface area contributed by atoms with Gasteiger partial charge in [-0.3, -0.25) is 0 Å². The third-order valence-corrected chi connectivity index (χ3v) is 4.91. The van der Waals surface area contributed by atoms with Crippen molar-refractivity contribution in [3.63, 3.8) is 0 Å². The smallest absolute Gasteiger partial charge is 0.340 e. The molecule has 1 saturated heterocycles. The van der Waals surface area contributed by atoms with E-state index in [9.17, 15) is 23.8 Å². The second-order valence-corrected chi connectivity index (χ2v) is 6.31. The van der Waals surface area contributed by atoms with Gasteiger partial charge >= 0.3 is 5.97 Å². The molecule has 0 amide bonds. The van der Waals surface area contributed by atoms with Crippen molar-refractivity contribution in [3.8, 4) is 0 Å². The number of hydrogen-bond acceptors (Lipinski definition) is 3. The van der Waals surface area contributed by atoms with Crippen LogP contribution in [0.1, 0.15) is 36.3 Å². The molecular formula is C16H19F2NO3. The molecule has 1 saturated carbocycles. The van der Waals surface area contributed by atoms with Crippen molar-refractivity contribution in [2.24, 2.45) is 5.92 Å². The molecule has 6 heteroatoms. The lowest BCUT2D eigenvalue weighted by atomic mass is 9.75. The number of nitrogens with one attached hydrogen (secondary N) is 1. The van der Waals surface area contributed by atoms with Crippen LogP contribution >= 0.6 is 0 Å². The molecule has 0 aromatic heterocycles. The van der Waals surface area contributed by atoms with Crippen molar-refractivity contribution in [2.75, 3.05) is 13.1 Å². The number of carboxylic acids is 1. The van der Waals surface area contributed by atoms with Gasteiger partial charge in [-0.25, -0.2) is 13.6 Å². The maximum atomic E-state index is 13.5. The van der Waals surface area contributed by atoms with Gasteiger partial charge in [0.15, 0.2) is 5.60 Å². The van der Waals surface area contributed by atoms with E-state index in [1.807, 2.05) is 0 Å². The van der Waals surface area contributed by atoms with Crippen LogP contribution in [0.2, 0.25) is 0 Å². The van der Waals surface area contributed by atoms with Crippen LogP contribution < -0.4 is 5.32 Å². The fraction of sp³-hybridized carbons (Fsp3) is 0.562. The van der Waals surface area contributed by atoms with E-state index >= 15 is 0 Å². The van der Waals surface area contributed by atoms with E-state index in [-0.39, 0.29) is 24.3 Å². The van der Waals surface area contributed by atoms with Crippen LogP contribution in [0.3, 0.4) is 0 Å². The van der Waals surface area contributed by atoms with Gasteiger partial charge in [-0.1, -0.05) is 24.3 Å². The molecule has 2 aliphatic rings. The van der Waals surface area contributed by atoms with Crippen molar-refractivity contribution in [3.05, 3.63) is 35.4 Å². The van der Waals surface area contributed by atoms with Crippen molar-refractivity contribution in [1.82, 2.24) is 5.32 Å². The van der Waals surface area contributed by atoms with Crippen molar-refractivity contribution < 1.29 is 23.8 Å². The summed E-state index contributed by atoms with van der Waals surface area (Å²) in [6.07, 6.45) is -0.958. The van der Waals surface area contributed by atoms with Crippen molar-refractivity contribution in [1.29, 1.82) is 0 Å². The number of benzene rings is 1. The molecule has 0 bridgehead atoms. The van der Waals surface area contributed by atoms with Crippen LogP contribution in [0, 0.1) is 5.92 Å². The minimum atomic E-state index is -2.90. The topological polar surface area (TPSA) is 69.6 Å². The Balaban J connectivity index is 2.03. The van der Waals surface area contributed by atoms with Gasteiger partial charge in [0.25, 0.3) is 0 Å². The third kappa shape index (κ3) is 2.40. The first-order valence-corrected chi connectivity index (χ1v) is 7.48. The van der Waals surface area contributed by atoms with Crippen LogP contribution in [-0.2, 0) is 10.4 Å². The third-order valence-electron chi connectivity index (χ3n) is 4.91. The monoisotopic (exact) mass is 311 g/mol. The highest BCUT2D eigenvalue weighted by molar-refractivity contribution is 5.80. The number of carboxylic acid groups (broad SMARTS) is 1. The van der Waals surface area contributed by atoms with Crippen molar-refractivity contribution >= 4 is 5.97 Å². The first kappa shape index (κ1) is 15.4. The first-order valence-electron chi connectivity index (χ1n) is 7.48. The molecular weight excluding hydrogens is 292 g/mol. The summed E-state index contributed by atoms with van der Waals surface area (Å²) < 4.78 is 27.1. The summed E-state index contributed by atoms with van der Waals surface area (Å²) in [4.78, 5) is 11.8. The minimum Gasteiger partial charge on any atom is -0.479 e. The Morgan fingerprint density at radius 2 is 2.00 bits per heavy atom. The number of carbonyl (C=O) groups is 1. The zero-order valence-electron chi connectivity index (χ0n) is 12.1. The Hall–Kier alpha value is -1.53. The lowest BCUT2D eigenvalue weighted by Gasteiger charge is -2.36. The van der Waals surface area contributed by atoms with E-state index in [0.717, 1.165) is 5.56 Å². The molecule has 22 heavy (non-hydrogen) atoms. The summed E-state index contributed by atoms with van der Waals surface area (Å²) in [6, 6.07) is 6.76. The van der Waals surface area contributed by atoms with E-state index in [0.29, 0.717) is 13.1 Å². The summed E-state index contributed by atoms with van der Waals surface area (Å²) in [5, 5.41) is 23.6. The van der Waals surface area contributed by atoms with Crippen LogP contribution in [0.25, 0.3) is 0 Å². The summed E-state index contributed by atoms with van der Waals surface area (Å²) in [5.41, 5.74) is -1.26. The summed E-state index contributed by atoms with van der Waals surface area (Å²) >= 11 is 0. The Bertz CT molecular complexity index is 589. The summed E-state index contributed by atoms with van der Waals surface area (Å²) in [7, 11) is 0. The molecule has 1 aliphatic carbocycles. The van der Waals surface area contributed by atoms with Crippen LogP contribution in [0.4, 0.5) is 8.78 Å². The van der Waals surface area contributed by atoms with E-state index < -0.39 is 29.8 Å². The maximum absolute atomic E-state index is 13.5. The van der Waals surface area contributed by atoms with E-state index in [4.69, 9.17) is 0 Å². The van der Waals surface area contributed by atoms with Crippen molar-refractivity contribution in [2.45, 2.75) is 36.7 Å². The van der Waals surface area contributed by atoms with Gasteiger partial charge in [0.1, 0.15) is 0 Å². The molecule has 1 heterocycles. The lowest BCUT2D eigenvalue weighted by Crippen LogP contribution is -2.46. The highest BCUT2D eigenvalue weighted by atomic mass is 19.3. The number of hydrogen-bond donors (Lipinski definition) is 3. The normalized spacial score (nSPS) is 27.1. The number of aliphatic hydroxyl groups is 1. The molecule has 2 fully saturated rings. The Morgan fingerprint density at radius 1 is 1.32 bits per heavy atom. The summed E-state index contributed by atoms with van der Waals surface area (Å²) in [5.74, 6) is -5.21. The molecule has 1 aliphatic heterocycles. The fourth-order valence-electron chi connectivity index (χ4n) is 3.53. The van der Waals surface area contributed by atoms with E-state index in [1.165, 1.54) is 0 Å². The van der Waals surface area contributed by atoms with Gasteiger partial charge in [0, 0.05) is 37.8 Å². The predicted octanol–water partition coefficient (Wildman–Crippen LogP) is 2.08. The molecule has 1 aromatic rings. The zero-order valence-corrected chi connectivity index (χ0v) is 12.1. The molecule has 4 nitrogen and oxygen atoms in total. The van der Waals surface area contributed by atoms with E-state index in [2.05, 4.69) is 5.32 Å². The van der Waals surface area contributed by atoms with Crippen LogP contribution in [-0.4, -0.2) is 35.2 Å². The van der Waals surface area contributed by atoms with Gasteiger partial charge in [-0.15, -0.1) is 0 Å². The molecule has 0 radical (unpaired) electrons. The zero-order chi connectivity index (χ0) is 16.0. The molecule has 0 spiro atoms. The molecule has 3 rings (SSSR count). The minimum absolute atomic E-state index is 0.00699. The number of halogens is 2. The highest BCUT2D eigenvalue weighted by Gasteiger charge is 2.54. The second kappa shape index (κ2) is 5.28.